The third kappa shape index (κ3) is 8.26. The zero-order valence-corrected chi connectivity index (χ0v) is 21.4. The first-order valence-corrected chi connectivity index (χ1v) is 11.6. The van der Waals surface area contributed by atoms with Crippen LogP contribution in [0.15, 0.2) is 116 Å². The zero-order chi connectivity index (χ0) is 28.4. The SMILES string of the molecule is C=C(C)C(=O)O/C=C\Oc1ccc(-c2ccc(-c3ccc(O/C=C\OC(=O)C(=C)C)c(C(F)F)c3)cc2)cc1. The number of hydrogen-bond donors (Lipinski definition) is 0. The lowest BCUT2D eigenvalue weighted by molar-refractivity contribution is -0.134. The van der Waals surface area contributed by atoms with Crippen molar-refractivity contribution >= 4 is 11.9 Å². The van der Waals surface area contributed by atoms with E-state index in [0.717, 1.165) is 35.5 Å². The summed E-state index contributed by atoms with van der Waals surface area (Å²) in [5, 5.41) is 0. The summed E-state index contributed by atoms with van der Waals surface area (Å²) in [7, 11) is 0. The van der Waals surface area contributed by atoms with E-state index in [4.69, 9.17) is 18.9 Å². The molecule has 0 spiro atoms. The minimum absolute atomic E-state index is 0.0564. The molecule has 0 amide bonds. The molecular weight excluding hydrogens is 506 g/mol. The Balaban J connectivity index is 1.67. The fourth-order valence-corrected chi connectivity index (χ4v) is 3.17. The van der Waals surface area contributed by atoms with Crippen molar-refractivity contribution in [3.8, 4) is 33.8 Å². The number of carbonyl (C=O) groups excluding carboxylic acids is 2. The number of halogens is 2. The number of alkyl halides is 2. The molecule has 0 saturated heterocycles. The first kappa shape index (κ1) is 28.6. The molecule has 3 aromatic carbocycles. The summed E-state index contributed by atoms with van der Waals surface area (Å²) in [6.07, 6.45) is 1.60. The van der Waals surface area contributed by atoms with E-state index in [2.05, 4.69) is 13.2 Å². The van der Waals surface area contributed by atoms with Gasteiger partial charge < -0.3 is 18.9 Å². The molecule has 0 bridgehead atoms. The molecule has 6 nitrogen and oxygen atoms in total. The van der Waals surface area contributed by atoms with Crippen LogP contribution in [0.5, 0.6) is 11.5 Å². The standard InChI is InChI=1S/C31H26F2O6/c1-20(2)30(34)38-17-15-36-26-12-9-23(10-13-26)22-5-7-24(8-6-22)25-11-14-28(27(19-25)29(32)33)37-16-18-39-31(35)21(3)4/h5-19,29H,1,3H2,2,4H3/b17-15-,18-16-. The largest absolute Gasteiger partial charge is 0.462 e. The Bertz CT molecular complexity index is 1400. The van der Waals surface area contributed by atoms with E-state index < -0.39 is 18.4 Å². The van der Waals surface area contributed by atoms with Gasteiger partial charge >= 0.3 is 11.9 Å². The van der Waals surface area contributed by atoms with Gasteiger partial charge in [-0.05, 0) is 60.4 Å². The molecule has 0 atom stereocenters. The Labute approximate surface area is 225 Å². The molecule has 3 rings (SSSR count). The maximum absolute atomic E-state index is 13.7. The number of hydrogen-bond acceptors (Lipinski definition) is 6. The van der Waals surface area contributed by atoms with Gasteiger partial charge in [0.25, 0.3) is 6.43 Å². The second-order valence-corrected chi connectivity index (χ2v) is 8.31. The lowest BCUT2D eigenvalue weighted by Crippen LogP contribution is -2.00. The van der Waals surface area contributed by atoms with Crippen molar-refractivity contribution < 1.29 is 37.3 Å². The number of ether oxygens (including phenoxy) is 4. The molecule has 0 radical (unpaired) electrons. The van der Waals surface area contributed by atoms with Crippen molar-refractivity contribution in [3.63, 3.8) is 0 Å². The van der Waals surface area contributed by atoms with Crippen LogP contribution in [0.3, 0.4) is 0 Å². The molecular formula is C31H26F2O6. The quantitative estimate of drug-likeness (QED) is 0.142. The second-order valence-electron chi connectivity index (χ2n) is 8.31. The summed E-state index contributed by atoms with van der Waals surface area (Å²) in [4.78, 5) is 22.7. The lowest BCUT2D eigenvalue weighted by atomic mass is 9.99. The van der Waals surface area contributed by atoms with Crippen LogP contribution < -0.4 is 9.47 Å². The maximum Gasteiger partial charge on any atom is 0.338 e. The molecule has 8 heteroatoms. The van der Waals surface area contributed by atoms with Crippen LogP contribution in [-0.2, 0) is 19.1 Å². The Morgan fingerprint density at radius 3 is 1.59 bits per heavy atom. The molecule has 0 aliphatic rings. The topological polar surface area (TPSA) is 71.1 Å². The average molecular weight is 533 g/mol. The van der Waals surface area contributed by atoms with Gasteiger partial charge in [0.2, 0.25) is 0 Å². The molecule has 0 N–H and O–H groups in total. The summed E-state index contributed by atoms with van der Waals surface area (Å²) < 4.78 is 47.6. The van der Waals surface area contributed by atoms with Gasteiger partial charge in [-0.2, -0.15) is 0 Å². The molecule has 3 aromatic rings. The van der Waals surface area contributed by atoms with Crippen molar-refractivity contribution in [1.29, 1.82) is 0 Å². The zero-order valence-electron chi connectivity index (χ0n) is 21.4. The monoisotopic (exact) mass is 532 g/mol. The smallest absolute Gasteiger partial charge is 0.338 e. The van der Waals surface area contributed by atoms with E-state index in [0.29, 0.717) is 11.3 Å². The van der Waals surface area contributed by atoms with Crippen molar-refractivity contribution in [2.75, 3.05) is 0 Å². The van der Waals surface area contributed by atoms with Gasteiger partial charge in [0, 0.05) is 11.1 Å². The van der Waals surface area contributed by atoms with E-state index in [1.807, 2.05) is 36.4 Å². The second kappa shape index (κ2) is 13.5. The molecule has 0 heterocycles. The highest BCUT2D eigenvalue weighted by molar-refractivity contribution is 5.87. The lowest BCUT2D eigenvalue weighted by Gasteiger charge is -2.11. The number of esters is 2. The third-order valence-electron chi connectivity index (χ3n) is 5.21. The van der Waals surface area contributed by atoms with Crippen LogP contribution >= 0.6 is 0 Å². The molecule has 0 aromatic heterocycles. The highest BCUT2D eigenvalue weighted by Crippen LogP contribution is 2.34. The fourth-order valence-electron chi connectivity index (χ4n) is 3.17. The molecule has 0 aliphatic heterocycles. The van der Waals surface area contributed by atoms with Crippen LogP contribution in [0, 0.1) is 0 Å². The van der Waals surface area contributed by atoms with E-state index in [-0.39, 0.29) is 22.5 Å². The van der Waals surface area contributed by atoms with Gasteiger partial charge in [-0.3, -0.25) is 0 Å². The molecule has 0 aliphatic carbocycles. The van der Waals surface area contributed by atoms with Crippen molar-refractivity contribution in [1.82, 2.24) is 0 Å². The minimum atomic E-state index is -2.78. The van der Waals surface area contributed by atoms with Crippen LogP contribution in [-0.4, -0.2) is 11.9 Å². The summed E-state index contributed by atoms with van der Waals surface area (Å²) >= 11 is 0. The molecule has 39 heavy (non-hydrogen) atoms. The van der Waals surface area contributed by atoms with Gasteiger partial charge in [-0.1, -0.05) is 55.6 Å². The third-order valence-corrected chi connectivity index (χ3v) is 5.21. The van der Waals surface area contributed by atoms with E-state index in [9.17, 15) is 18.4 Å². The molecule has 0 fully saturated rings. The molecule has 0 unspecified atom stereocenters. The van der Waals surface area contributed by atoms with E-state index in [1.165, 1.54) is 25.3 Å². The van der Waals surface area contributed by atoms with Crippen LogP contribution in [0.25, 0.3) is 22.3 Å². The molecule has 200 valence electrons. The van der Waals surface area contributed by atoms with Crippen molar-refractivity contribution in [2.24, 2.45) is 0 Å². The maximum atomic E-state index is 13.7. The first-order valence-electron chi connectivity index (χ1n) is 11.6. The first-order chi connectivity index (χ1) is 18.7. The Kier molecular flexibility index (Phi) is 9.92. The van der Waals surface area contributed by atoms with Gasteiger partial charge in [0.1, 0.15) is 36.5 Å². The van der Waals surface area contributed by atoms with Crippen molar-refractivity contribution in [2.45, 2.75) is 20.3 Å². The van der Waals surface area contributed by atoms with Gasteiger partial charge in [0.05, 0.1) is 5.56 Å². The Hall–Kier alpha value is -4.98. The summed E-state index contributed by atoms with van der Waals surface area (Å²) in [5.41, 5.74) is 3.34. The van der Waals surface area contributed by atoms with Crippen molar-refractivity contribution in [3.05, 3.63) is 122 Å². The Morgan fingerprint density at radius 2 is 1.10 bits per heavy atom. The van der Waals surface area contributed by atoms with E-state index >= 15 is 0 Å². The predicted octanol–water partition coefficient (Wildman–Crippen LogP) is 7.90. The normalized spacial score (nSPS) is 11.0. The summed E-state index contributed by atoms with van der Waals surface area (Å²) in [6, 6.07) is 19.1. The summed E-state index contributed by atoms with van der Waals surface area (Å²) in [6.45, 7) is 9.96. The summed E-state index contributed by atoms with van der Waals surface area (Å²) in [5.74, 6) is -0.704. The average Bonchev–Trinajstić information content (AvgIpc) is 2.93. The highest BCUT2D eigenvalue weighted by Gasteiger charge is 2.16. The predicted molar refractivity (Wildman–Crippen MR) is 144 cm³/mol. The van der Waals surface area contributed by atoms with Gasteiger partial charge in [0.15, 0.2) is 0 Å². The minimum Gasteiger partial charge on any atom is -0.462 e. The molecule has 0 saturated carbocycles. The number of benzene rings is 3. The van der Waals surface area contributed by atoms with Gasteiger partial charge in [-0.25, -0.2) is 18.4 Å². The number of rotatable bonds is 11. The number of carbonyl (C=O) groups is 2. The highest BCUT2D eigenvalue weighted by atomic mass is 19.3. The fraction of sp³-hybridized carbons (Fsp3) is 0.0968. The van der Waals surface area contributed by atoms with Crippen LogP contribution in [0.2, 0.25) is 0 Å². The van der Waals surface area contributed by atoms with Crippen LogP contribution in [0.1, 0.15) is 25.8 Å². The van der Waals surface area contributed by atoms with Crippen LogP contribution in [0.4, 0.5) is 8.78 Å². The van der Waals surface area contributed by atoms with Gasteiger partial charge in [-0.15, -0.1) is 0 Å². The van der Waals surface area contributed by atoms with E-state index in [1.54, 1.807) is 25.1 Å². The Morgan fingerprint density at radius 1 is 0.667 bits per heavy atom.